The summed E-state index contributed by atoms with van der Waals surface area (Å²) in [5.74, 6) is 0. The van der Waals surface area contributed by atoms with Gasteiger partial charge in [-0.1, -0.05) is 6.07 Å². The highest BCUT2D eigenvalue weighted by Gasteiger charge is 2.37. The second kappa shape index (κ2) is 4.81. The molecule has 5 heteroatoms. The summed E-state index contributed by atoms with van der Waals surface area (Å²) in [6.45, 7) is 4.18. The van der Waals surface area contributed by atoms with Crippen molar-refractivity contribution in [1.82, 2.24) is 4.90 Å². The molecule has 102 valence electrons. The molecule has 0 spiro atoms. The van der Waals surface area contributed by atoms with E-state index in [0.717, 1.165) is 24.2 Å². The van der Waals surface area contributed by atoms with Crippen LogP contribution in [0.1, 0.15) is 24.8 Å². The van der Waals surface area contributed by atoms with Gasteiger partial charge in [0.15, 0.2) is 0 Å². The fourth-order valence-electron chi connectivity index (χ4n) is 3.43. The van der Waals surface area contributed by atoms with Gasteiger partial charge in [-0.25, -0.2) is 0 Å². The maximum Gasteiger partial charge on any atom is 0.274 e. The maximum absolute atomic E-state index is 11.0. The van der Waals surface area contributed by atoms with Gasteiger partial charge in [-0.05, 0) is 38.8 Å². The SMILES string of the molecule is Cc1c(NC2CCN3CCCC23)cccc1[N+](=O)[O-]. The summed E-state index contributed by atoms with van der Waals surface area (Å²) in [4.78, 5) is 13.2. The van der Waals surface area contributed by atoms with E-state index in [1.807, 2.05) is 13.0 Å². The Morgan fingerprint density at radius 2 is 2.21 bits per heavy atom. The van der Waals surface area contributed by atoms with Crippen molar-refractivity contribution >= 4 is 11.4 Å². The molecule has 1 aromatic rings. The number of hydrogen-bond acceptors (Lipinski definition) is 4. The molecule has 2 heterocycles. The molecule has 0 radical (unpaired) electrons. The van der Waals surface area contributed by atoms with Gasteiger partial charge in [0, 0.05) is 35.9 Å². The number of anilines is 1. The van der Waals surface area contributed by atoms with Gasteiger partial charge in [-0.15, -0.1) is 0 Å². The smallest absolute Gasteiger partial charge is 0.274 e. The lowest BCUT2D eigenvalue weighted by Gasteiger charge is -2.23. The number of nitro benzene ring substituents is 1. The fourth-order valence-corrected chi connectivity index (χ4v) is 3.43. The molecule has 19 heavy (non-hydrogen) atoms. The predicted octanol–water partition coefficient (Wildman–Crippen LogP) is 2.55. The Bertz CT molecular complexity index is 503. The average Bonchev–Trinajstić information content (AvgIpc) is 2.96. The molecule has 1 N–H and O–H groups in total. The van der Waals surface area contributed by atoms with Gasteiger partial charge in [0.1, 0.15) is 0 Å². The third kappa shape index (κ3) is 2.18. The van der Waals surface area contributed by atoms with Crippen molar-refractivity contribution in [2.24, 2.45) is 0 Å². The van der Waals surface area contributed by atoms with Crippen LogP contribution in [0.3, 0.4) is 0 Å². The number of nitrogens with zero attached hydrogens (tertiary/aromatic N) is 2. The molecule has 2 fully saturated rings. The van der Waals surface area contributed by atoms with Crippen molar-refractivity contribution < 1.29 is 4.92 Å². The van der Waals surface area contributed by atoms with Gasteiger partial charge in [0.05, 0.1) is 4.92 Å². The molecule has 0 bridgehead atoms. The Morgan fingerprint density at radius 3 is 3.00 bits per heavy atom. The minimum Gasteiger partial charge on any atom is -0.380 e. The second-order valence-electron chi connectivity index (χ2n) is 5.49. The van der Waals surface area contributed by atoms with Crippen LogP contribution in [-0.2, 0) is 0 Å². The summed E-state index contributed by atoms with van der Waals surface area (Å²) in [6.07, 6.45) is 3.65. The van der Waals surface area contributed by atoms with Gasteiger partial charge in [0.2, 0.25) is 0 Å². The molecule has 2 saturated heterocycles. The molecule has 0 aliphatic carbocycles. The minimum absolute atomic E-state index is 0.200. The third-order valence-electron chi connectivity index (χ3n) is 4.45. The van der Waals surface area contributed by atoms with E-state index in [-0.39, 0.29) is 10.6 Å². The number of nitrogens with one attached hydrogen (secondary N) is 1. The lowest BCUT2D eigenvalue weighted by Crippen LogP contribution is -2.33. The number of rotatable bonds is 3. The summed E-state index contributed by atoms with van der Waals surface area (Å²) < 4.78 is 0. The first-order valence-corrected chi connectivity index (χ1v) is 6.91. The first kappa shape index (κ1) is 12.4. The van der Waals surface area contributed by atoms with E-state index in [0.29, 0.717) is 12.1 Å². The maximum atomic E-state index is 11.0. The molecular weight excluding hydrogens is 242 g/mol. The Hall–Kier alpha value is -1.62. The van der Waals surface area contributed by atoms with Gasteiger partial charge in [0.25, 0.3) is 5.69 Å². The van der Waals surface area contributed by atoms with Gasteiger partial charge < -0.3 is 5.32 Å². The summed E-state index contributed by atoms with van der Waals surface area (Å²) in [5.41, 5.74) is 1.85. The second-order valence-corrected chi connectivity index (χ2v) is 5.49. The lowest BCUT2D eigenvalue weighted by atomic mass is 10.0. The Balaban J connectivity index is 1.80. The highest BCUT2D eigenvalue weighted by atomic mass is 16.6. The highest BCUT2D eigenvalue weighted by molar-refractivity contribution is 5.60. The van der Waals surface area contributed by atoms with Crippen LogP contribution in [0.5, 0.6) is 0 Å². The summed E-state index contributed by atoms with van der Waals surface area (Å²) in [6, 6.07) is 6.31. The van der Waals surface area contributed by atoms with Crippen LogP contribution in [-0.4, -0.2) is 35.0 Å². The Morgan fingerprint density at radius 1 is 1.37 bits per heavy atom. The van der Waals surface area contributed by atoms with Crippen molar-refractivity contribution in [2.75, 3.05) is 18.4 Å². The number of fused-ring (bicyclic) bond motifs is 1. The molecule has 2 aliphatic rings. The van der Waals surface area contributed by atoms with E-state index in [2.05, 4.69) is 10.2 Å². The zero-order chi connectivity index (χ0) is 13.4. The van der Waals surface area contributed by atoms with Gasteiger partial charge in [-0.2, -0.15) is 0 Å². The molecule has 0 aromatic heterocycles. The molecule has 1 aromatic carbocycles. The first-order chi connectivity index (χ1) is 9.16. The average molecular weight is 261 g/mol. The van der Waals surface area contributed by atoms with E-state index in [1.165, 1.54) is 19.4 Å². The van der Waals surface area contributed by atoms with E-state index < -0.39 is 0 Å². The van der Waals surface area contributed by atoms with E-state index >= 15 is 0 Å². The largest absolute Gasteiger partial charge is 0.380 e. The zero-order valence-corrected chi connectivity index (χ0v) is 11.1. The fraction of sp³-hybridized carbons (Fsp3) is 0.571. The van der Waals surface area contributed by atoms with Crippen LogP contribution < -0.4 is 5.32 Å². The minimum atomic E-state index is -0.308. The van der Waals surface area contributed by atoms with Gasteiger partial charge in [-0.3, -0.25) is 15.0 Å². The van der Waals surface area contributed by atoms with Crippen molar-refractivity contribution in [3.63, 3.8) is 0 Å². The van der Waals surface area contributed by atoms with Crippen LogP contribution >= 0.6 is 0 Å². The molecule has 0 saturated carbocycles. The molecule has 2 unspecified atom stereocenters. The number of hydrogen-bond donors (Lipinski definition) is 1. The summed E-state index contributed by atoms with van der Waals surface area (Å²) in [5, 5.41) is 14.5. The molecule has 2 atom stereocenters. The quantitative estimate of drug-likeness (QED) is 0.671. The third-order valence-corrected chi connectivity index (χ3v) is 4.45. The number of nitro groups is 1. The standard InChI is InChI=1S/C14H19N3O2/c1-10-11(4-2-5-13(10)17(18)19)15-12-7-9-16-8-3-6-14(12)16/h2,4-5,12,14-15H,3,6-9H2,1H3. The highest BCUT2D eigenvalue weighted by Crippen LogP contribution is 2.32. The van der Waals surface area contributed by atoms with Crippen LogP contribution in [0.15, 0.2) is 18.2 Å². The molecule has 5 nitrogen and oxygen atoms in total. The predicted molar refractivity (Wildman–Crippen MR) is 74.5 cm³/mol. The zero-order valence-electron chi connectivity index (χ0n) is 11.1. The van der Waals surface area contributed by atoms with Crippen LogP contribution in [0.25, 0.3) is 0 Å². The van der Waals surface area contributed by atoms with E-state index in [1.54, 1.807) is 12.1 Å². The number of benzene rings is 1. The Kier molecular flexibility index (Phi) is 3.14. The summed E-state index contributed by atoms with van der Waals surface area (Å²) in [7, 11) is 0. The molecule has 3 rings (SSSR count). The van der Waals surface area contributed by atoms with Crippen molar-refractivity contribution in [2.45, 2.75) is 38.3 Å². The van der Waals surface area contributed by atoms with Crippen LogP contribution in [0, 0.1) is 17.0 Å². The van der Waals surface area contributed by atoms with Gasteiger partial charge >= 0.3 is 0 Å². The first-order valence-electron chi connectivity index (χ1n) is 6.91. The lowest BCUT2D eigenvalue weighted by molar-refractivity contribution is -0.385. The van der Waals surface area contributed by atoms with Crippen molar-refractivity contribution in [3.8, 4) is 0 Å². The molecule has 2 aliphatic heterocycles. The Labute approximate surface area is 112 Å². The van der Waals surface area contributed by atoms with Crippen molar-refractivity contribution in [3.05, 3.63) is 33.9 Å². The van der Waals surface area contributed by atoms with Crippen molar-refractivity contribution in [1.29, 1.82) is 0 Å². The topological polar surface area (TPSA) is 58.4 Å². The van der Waals surface area contributed by atoms with E-state index in [4.69, 9.17) is 0 Å². The van der Waals surface area contributed by atoms with E-state index in [9.17, 15) is 10.1 Å². The normalized spacial score (nSPS) is 26.4. The molecule has 0 amide bonds. The monoisotopic (exact) mass is 261 g/mol. The van der Waals surface area contributed by atoms with Crippen LogP contribution in [0.2, 0.25) is 0 Å². The molecular formula is C14H19N3O2. The summed E-state index contributed by atoms with van der Waals surface area (Å²) >= 11 is 0. The van der Waals surface area contributed by atoms with Crippen LogP contribution in [0.4, 0.5) is 11.4 Å².